The maximum atomic E-state index is 2.60. The highest BCUT2D eigenvalue weighted by Gasteiger charge is 2.45. The normalized spacial score (nSPS) is 16.3. The lowest BCUT2D eigenvalue weighted by Gasteiger charge is -2.33. The van der Waals surface area contributed by atoms with E-state index in [1.807, 2.05) is 36.4 Å². The Bertz CT molecular complexity index is 3950. The first kappa shape index (κ1) is 40.5. The molecule has 0 saturated carbocycles. The van der Waals surface area contributed by atoms with Crippen LogP contribution in [-0.4, -0.2) is 0 Å². The monoisotopic (exact) mass is 888 g/mol. The van der Waals surface area contributed by atoms with Gasteiger partial charge in [0.05, 0.1) is 0 Å². The van der Waals surface area contributed by atoms with Gasteiger partial charge in [-0.2, -0.15) is 0 Å². The molecular weight excluding hydrogens is 841 g/mol. The van der Waals surface area contributed by atoms with E-state index in [-0.39, 0.29) is 11.8 Å². The number of aryl methyl sites for hydroxylation is 1. The van der Waals surface area contributed by atoms with Crippen molar-refractivity contribution < 1.29 is 0 Å². The van der Waals surface area contributed by atoms with Gasteiger partial charge in [0, 0.05) is 11.8 Å². The van der Waals surface area contributed by atoms with Crippen molar-refractivity contribution in [2.45, 2.75) is 25.2 Å². The summed E-state index contributed by atoms with van der Waals surface area (Å²) in [6, 6.07) is 73.5. The molecule has 0 radical (unpaired) electrons. The minimum Gasteiger partial charge on any atom is -0.0807 e. The summed E-state index contributed by atoms with van der Waals surface area (Å²) >= 11 is 0. The van der Waals surface area contributed by atoms with E-state index in [2.05, 4.69) is 219 Å². The van der Waals surface area contributed by atoms with Gasteiger partial charge in [-0.05, 0) is 164 Å². The number of hydrogen-bond acceptors (Lipinski definition) is 0. The zero-order valence-corrected chi connectivity index (χ0v) is 39.0. The van der Waals surface area contributed by atoms with Crippen LogP contribution in [0.4, 0.5) is 0 Å². The molecule has 0 nitrogen and oxygen atoms in total. The predicted octanol–water partition coefficient (Wildman–Crippen LogP) is 17.8. The van der Waals surface area contributed by atoms with Crippen molar-refractivity contribution in [2.24, 2.45) is 0 Å². The van der Waals surface area contributed by atoms with Crippen molar-refractivity contribution in [3.63, 3.8) is 0 Å². The predicted molar refractivity (Wildman–Crippen MR) is 297 cm³/mol. The van der Waals surface area contributed by atoms with E-state index >= 15 is 0 Å². The molecule has 2 atom stereocenters. The lowest BCUT2D eigenvalue weighted by atomic mass is 9.70. The van der Waals surface area contributed by atoms with Crippen LogP contribution in [0, 0.1) is 6.92 Å². The van der Waals surface area contributed by atoms with E-state index in [9.17, 15) is 0 Å². The summed E-state index contributed by atoms with van der Waals surface area (Å²) in [5, 5.41) is 6.86. The minimum absolute atomic E-state index is 0.202. The largest absolute Gasteiger partial charge is 0.0807 e. The van der Waals surface area contributed by atoms with Crippen LogP contribution < -0.4 is 5.22 Å². The Morgan fingerprint density at radius 2 is 1.00 bits per heavy atom. The Morgan fingerprint density at radius 1 is 0.429 bits per heavy atom. The van der Waals surface area contributed by atoms with E-state index in [4.69, 9.17) is 0 Å². The van der Waals surface area contributed by atoms with Crippen molar-refractivity contribution in [2.75, 3.05) is 0 Å². The van der Waals surface area contributed by atoms with Gasteiger partial charge in [-0.1, -0.05) is 237 Å². The van der Waals surface area contributed by atoms with Crippen LogP contribution in [0.1, 0.15) is 57.2 Å². The van der Waals surface area contributed by atoms with Crippen molar-refractivity contribution in [3.8, 4) is 55.6 Å². The molecular formula is C70H48. The van der Waals surface area contributed by atoms with Crippen LogP contribution in [0.25, 0.3) is 100.0 Å². The highest BCUT2D eigenvalue weighted by Crippen LogP contribution is 2.62. The SMILES string of the molecule is Cc1ccc(-c2ccccc2)c2c1C1=CC(c3ccccc3)=c3c4c(c5c(-c6ccccc6)cc6c7c(ccc3c75)-c3c(C5=CCC=CC=C5)ccc(-c5ccccc5)c3-6)C=CC2C14.c1ccccc1. The summed E-state index contributed by atoms with van der Waals surface area (Å²) in [7, 11) is 0. The third-order valence-electron chi connectivity index (χ3n) is 15.6. The molecule has 0 heterocycles. The summed E-state index contributed by atoms with van der Waals surface area (Å²) < 4.78 is 0. The molecule has 70 heavy (non-hydrogen) atoms. The van der Waals surface area contributed by atoms with Crippen LogP contribution in [-0.2, 0) is 0 Å². The molecule has 0 aromatic heterocycles. The van der Waals surface area contributed by atoms with E-state index in [0.29, 0.717) is 0 Å². The number of fused-ring (bicyclic) bond motifs is 8. The van der Waals surface area contributed by atoms with Gasteiger partial charge in [-0.3, -0.25) is 0 Å². The Kier molecular flexibility index (Phi) is 9.42. The van der Waals surface area contributed by atoms with Gasteiger partial charge in [0.25, 0.3) is 0 Å². The first-order valence-electron chi connectivity index (χ1n) is 24.8. The average Bonchev–Trinajstić information content (AvgIpc) is 3.81. The van der Waals surface area contributed by atoms with Gasteiger partial charge in [0.1, 0.15) is 0 Å². The zero-order valence-electron chi connectivity index (χ0n) is 39.0. The third-order valence-corrected chi connectivity index (χ3v) is 15.6. The molecule has 328 valence electrons. The number of allylic oxidation sites excluding steroid dienone is 9. The highest BCUT2D eigenvalue weighted by molar-refractivity contribution is 6.32. The molecule has 5 aliphatic carbocycles. The second-order valence-corrected chi connectivity index (χ2v) is 19.3. The van der Waals surface area contributed by atoms with Crippen LogP contribution in [0.5, 0.6) is 0 Å². The fourth-order valence-electron chi connectivity index (χ4n) is 12.8. The zero-order chi connectivity index (χ0) is 46.3. The molecule has 5 aliphatic rings. The lowest BCUT2D eigenvalue weighted by molar-refractivity contribution is 0.777. The Balaban J connectivity index is 0.000000715. The quantitative estimate of drug-likeness (QED) is 0.162. The van der Waals surface area contributed by atoms with Crippen LogP contribution in [0.2, 0.25) is 0 Å². The van der Waals surface area contributed by atoms with E-state index in [1.54, 1.807) is 0 Å². The molecule has 10 aromatic carbocycles. The smallest absolute Gasteiger partial charge is 0.0212 e. The molecule has 0 fully saturated rings. The Labute approximate surface area is 409 Å². The summed E-state index contributed by atoms with van der Waals surface area (Å²) in [6.07, 6.45) is 19.9. The molecule has 0 aliphatic heterocycles. The van der Waals surface area contributed by atoms with Crippen LogP contribution in [0.3, 0.4) is 0 Å². The fourth-order valence-corrected chi connectivity index (χ4v) is 12.8. The van der Waals surface area contributed by atoms with Gasteiger partial charge in [0.15, 0.2) is 0 Å². The molecule has 15 rings (SSSR count). The average molecular weight is 889 g/mol. The minimum atomic E-state index is 0.202. The summed E-state index contributed by atoms with van der Waals surface area (Å²) in [4.78, 5) is 0. The van der Waals surface area contributed by atoms with Gasteiger partial charge in [-0.25, -0.2) is 0 Å². The Morgan fingerprint density at radius 3 is 1.69 bits per heavy atom. The summed E-state index contributed by atoms with van der Waals surface area (Å²) in [5.74, 6) is 0.429. The van der Waals surface area contributed by atoms with Crippen molar-refractivity contribution in [1.82, 2.24) is 0 Å². The van der Waals surface area contributed by atoms with Gasteiger partial charge in [0.2, 0.25) is 0 Å². The Hall–Kier alpha value is -8.58. The van der Waals surface area contributed by atoms with Crippen LogP contribution >= 0.6 is 0 Å². The van der Waals surface area contributed by atoms with E-state index < -0.39 is 0 Å². The van der Waals surface area contributed by atoms with E-state index in [1.165, 1.54) is 138 Å². The number of benzene rings is 10. The first-order valence-corrected chi connectivity index (χ1v) is 24.8. The summed E-state index contributed by atoms with van der Waals surface area (Å²) in [5.41, 5.74) is 26.7. The van der Waals surface area contributed by atoms with Gasteiger partial charge < -0.3 is 0 Å². The summed E-state index contributed by atoms with van der Waals surface area (Å²) in [6.45, 7) is 2.32. The van der Waals surface area contributed by atoms with Crippen LogP contribution in [0.15, 0.2) is 243 Å². The third kappa shape index (κ3) is 6.09. The van der Waals surface area contributed by atoms with Gasteiger partial charge in [-0.15, -0.1) is 0 Å². The molecule has 0 amide bonds. The lowest BCUT2D eigenvalue weighted by Crippen LogP contribution is -2.26. The molecule has 0 saturated heterocycles. The molecule has 0 spiro atoms. The first-order chi connectivity index (χ1) is 34.7. The van der Waals surface area contributed by atoms with Gasteiger partial charge >= 0.3 is 0 Å². The van der Waals surface area contributed by atoms with Crippen molar-refractivity contribution >= 4 is 44.3 Å². The highest BCUT2D eigenvalue weighted by atomic mass is 14.5. The molecule has 2 unspecified atom stereocenters. The second kappa shape index (κ2) is 16.3. The maximum Gasteiger partial charge on any atom is 0.0212 e. The van der Waals surface area contributed by atoms with E-state index in [0.717, 1.165) is 6.42 Å². The molecule has 10 aromatic rings. The maximum absolute atomic E-state index is 2.60. The second-order valence-electron chi connectivity index (χ2n) is 19.3. The molecule has 0 bridgehead atoms. The topological polar surface area (TPSA) is 0 Å². The number of hydrogen-bond donors (Lipinski definition) is 0. The standard InChI is InChI=1S/C64H42.C6H6/c1-38-28-29-44(39-20-10-4-11-21-39)56-47-32-34-49-60-52(43-26-16-7-17-27-43)37-54-58-46(41-22-12-5-13-23-41)31-30-45(40-18-8-2-3-9-19-40)57(58)48-33-35-50(64(60)62(48)54)59-51(42-24-14-6-15-25-42)36-53(55(38)56)61(47)63(49)59;1-2-4-6-5-3-1/h2-8,10-37,47,61H,9H2,1H3;1-6H. The van der Waals surface area contributed by atoms with Crippen molar-refractivity contribution in [1.29, 1.82) is 0 Å². The molecule has 0 N–H and O–H groups in total. The van der Waals surface area contributed by atoms with Crippen molar-refractivity contribution in [3.05, 3.63) is 287 Å². The molecule has 0 heteroatoms. The fraction of sp³-hybridized carbons (Fsp3) is 0.0571. The number of rotatable bonds is 5.